The molecule has 0 saturated heterocycles. The van der Waals surface area contributed by atoms with E-state index in [1.54, 1.807) is 26.1 Å². The van der Waals surface area contributed by atoms with Crippen LogP contribution in [0.2, 0.25) is 13.1 Å². The van der Waals surface area contributed by atoms with E-state index in [1.807, 2.05) is 11.3 Å². The average molecular weight is 392 g/mol. The Morgan fingerprint density at radius 3 is 2.54 bits per heavy atom. The van der Waals surface area contributed by atoms with Crippen LogP contribution in [0.5, 0.6) is 0 Å². The molecule has 0 fully saturated rings. The van der Waals surface area contributed by atoms with Gasteiger partial charge in [0.15, 0.2) is 0 Å². The summed E-state index contributed by atoms with van der Waals surface area (Å²) in [4.78, 5) is 2.99. The second-order valence-electron chi connectivity index (χ2n) is 7.85. The molecule has 2 aliphatic carbocycles. The highest BCUT2D eigenvalue weighted by molar-refractivity contribution is 8.05. The number of fused-ring (bicyclic) bond motifs is 3. The monoisotopic (exact) mass is 391 g/mol. The first-order valence-corrected chi connectivity index (χ1v) is 13.5. The molecule has 3 aliphatic rings. The number of hydrogen-bond acceptors (Lipinski definition) is 2. The largest absolute Gasteiger partial charge is 0.141 e. The third-order valence-corrected chi connectivity index (χ3v) is 10.2. The molecule has 0 amide bonds. The molecule has 26 heavy (non-hydrogen) atoms. The first-order chi connectivity index (χ1) is 12.5. The Bertz CT molecular complexity index is 1130. The Hall–Kier alpha value is -1.29. The highest BCUT2D eigenvalue weighted by Gasteiger charge is 2.41. The number of hydrogen-bond donors (Lipinski definition) is 0. The fourth-order valence-corrected chi connectivity index (χ4v) is 10.2. The van der Waals surface area contributed by atoms with Gasteiger partial charge in [-0.2, -0.15) is 0 Å². The molecule has 2 heterocycles. The van der Waals surface area contributed by atoms with Gasteiger partial charge >= 0.3 is 0 Å². The molecule has 1 aliphatic heterocycles. The van der Waals surface area contributed by atoms with Crippen molar-refractivity contribution in [3.8, 4) is 0 Å². The number of allylic oxidation sites excluding steroid dienone is 3. The molecule has 2 aromatic rings. The minimum absolute atomic E-state index is 0.440. The Morgan fingerprint density at radius 1 is 1.00 bits per heavy atom. The molecule has 1 radical (unpaired) electrons. The first-order valence-electron chi connectivity index (χ1n) is 9.27. The molecule has 1 aromatic carbocycles. The van der Waals surface area contributed by atoms with Crippen molar-refractivity contribution in [1.82, 2.24) is 0 Å². The van der Waals surface area contributed by atoms with Crippen LogP contribution in [0.4, 0.5) is 0 Å². The lowest BCUT2D eigenvalue weighted by molar-refractivity contribution is 0.973. The summed E-state index contributed by atoms with van der Waals surface area (Å²) < 4.78 is 1.60. The van der Waals surface area contributed by atoms with Gasteiger partial charge < -0.3 is 0 Å². The number of benzene rings is 1. The number of rotatable bonds is 2. The molecule has 131 valence electrons. The Balaban J connectivity index is 1.78. The van der Waals surface area contributed by atoms with E-state index < -0.39 is 8.80 Å². The summed E-state index contributed by atoms with van der Waals surface area (Å²) in [6.45, 7) is 11.9. The maximum Gasteiger partial charge on any atom is 0.0775 e. The predicted molar refractivity (Wildman–Crippen MR) is 120 cm³/mol. The van der Waals surface area contributed by atoms with Crippen LogP contribution < -0.4 is 9.75 Å². The van der Waals surface area contributed by atoms with Gasteiger partial charge in [-0.05, 0) is 64.4 Å². The highest BCUT2D eigenvalue weighted by atomic mass is 32.2. The van der Waals surface area contributed by atoms with E-state index in [4.69, 9.17) is 0 Å². The van der Waals surface area contributed by atoms with Crippen LogP contribution >= 0.6 is 23.1 Å². The van der Waals surface area contributed by atoms with Crippen molar-refractivity contribution < 1.29 is 0 Å². The van der Waals surface area contributed by atoms with Gasteiger partial charge in [0.1, 0.15) is 0 Å². The van der Waals surface area contributed by atoms with E-state index >= 15 is 0 Å². The number of aryl methyl sites for hydroxylation is 1. The summed E-state index contributed by atoms with van der Waals surface area (Å²) in [6.07, 6.45) is 2.40. The summed E-state index contributed by atoms with van der Waals surface area (Å²) in [5.74, 6) is 0.440. The van der Waals surface area contributed by atoms with Gasteiger partial charge in [0.2, 0.25) is 0 Å². The molecule has 2 unspecified atom stereocenters. The van der Waals surface area contributed by atoms with E-state index in [1.165, 1.54) is 26.5 Å². The first kappa shape index (κ1) is 16.8. The van der Waals surface area contributed by atoms with Gasteiger partial charge in [0.25, 0.3) is 0 Å². The van der Waals surface area contributed by atoms with Crippen molar-refractivity contribution >= 4 is 48.7 Å². The van der Waals surface area contributed by atoms with Crippen LogP contribution in [-0.2, 0) is 0 Å². The van der Waals surface area contributed by atoms with Gasteiger partial charge in [-0.1, -0.05) is 49.0 Å². The summed E-state index contributed by atoms with van der Waals surface area (Å²) in [6, 6.07) is 11.4. The van der Waals surface area contributed by atoms with E-state index in [-0.39, 0.29) is 0 Å². The molecule has 3 heteroatoms. The topological polar surface area (TPSA) is 0 Å². The van der Waals surface area contributed by atoms with Crippen LogP contribution in [-0.4, -0.2) is 14.0 Å². The third kappa shape index (κ3) is 2.20. The normalized spacial score (nSPS) is 23.7. The summed E-state index contributed by atoms with van der Waals surface area (Å²) in [7, 11) is -0.462. The molecule has 0 saturated carbocycles. The van der Waals surface area contributed by atoms with Crippen LogP contribution in [0.25, 0.3) is 16.8 Å². The minimum Gasteiger partial charge on any atom is -0.141 e. The molecule has 0 N–H and O–H groups in total. The zero-order valence-corrected chi connectivity index (χ0v) is 18.6. The Morgan fingerprint density at radius 2 is 1.77 bits per heavy atom. The van der Waals surface area contributed by atoms with Crippen LogP contribution in [0.3, 0.4) is 0 Å². The zero-order chi connectivity index (χ0) is 18.2. The van der Waals surface area contributed by atoms with Gasteiger partial charge in [-0.15, -0.1) is 23.1 Å². The molecule has 0 nitrogen and oxygen atoms in total. The lowest BCUT2D eigenvalue weighted by Gasteiger charge is -2.20. The Kier molecular flexibility index (Phi) is 3.79. The molecule has 2 atom stereocenters. The lowest BCUT2D eigenvalue weighted by Crippen LogP contribution is -2.22. The van der Waals surface area contributed by atoms with Gasteiger partial charge in [-0.25, -0.2) is 0 Å². The molecule has 5 rings (SSSR count). The standard InChI is InChI=1S/C23H23S2Si/c1-12-10-15-8-6-7-9-16(15)18(12)19-14(3)25-22-20(19)17-11-13(2)24-21(17)23(22)26(4)5/h6-11,18,22H,1-5H3. The Labute approximate surface area is 165 Å². The van der Waals surface area contributed by atoms with Crippen molar-refractivity contribution in [2.24, 2.45) is 0 Å². The van der Waals surface area contributed by atoms with E-state index in [9.17, 15) is 0 Å². The molecular formula is C23H23S2Si. The summed E-state index contributed by atoms with van der Waals surface area (Å²) in [5.41, 5.74) is 7.64. The number of thiophene rings is 1. The lowest BCUT2D eigenvalue weighted by atomic mass is 9.83. The predicted octanol–water partition coefficient (Wildman–Crippen LogP) is 5.26. The SMILES string of the molecule is CC1=Cc2ccccc2C1C1=C(C)SC2C1=c1cc(C)sc1=C2[Si](C)C. The van der Waals surface area contributed by atoms with Gasteiger partial charge in [-0.3, -0.25) is 0 Å². The fraction of sp³-hybridized carbons (Fsp3) is 0.304. The smallest absolute Gasteiger partial charge is 0.0775 e. The molecule has 1 aromatic heterocycles. The van der Waals surface area contributed by atoms with Gasteiger partial charge in [0, 0.05) is 15.3 Å². The fourth-order valence-electron chi connectivity index (χ4n) is 4.86. The summed E-state index contributed by atoms with van der Waals surface area (Å²) >= 11 is 4.14. The van der Waals surface area contributed by atoms with Crippen molar-refractivity contribution in [3.05, 3.63) is 72.1 Å². The van der Waals surface area contributed by atoms with Crippen molar-refractivity contribution in [3.63, 3.8) is 0 Å². The maximum atomic E-state index is 2.46. The number of thioether (sulfide) groups is 1. The maximum absolute atomic E-state index is 2.46. The van der Waals surface area contributed by atoms with E-state index in [2.05, 4.69) is 82.0 Å². The minimum atomic E-state index is -0.462. The van der Waals surface area contributed by atoms with Crippen LogP contribution in [0.1, 0.15) is 35.8 Å². The van der Waals surface area contributed by atoms with Crippen molar-refractivity contribution in [2.75, 3.05) is 0 Å². The van der Waals surface area contributed by atoms with Crippen LogP contribution in [0, 0.1) is 6.92 Å². The quantitative estimate of drug-likeness (QED) is 0.630. The summed E-state index contributed by atoms with van der Waals surface area (Å²) in [5, 5.41) is 3.89. The van der Waals surface area contributed by atoms with Crippen LogP contribution in [0.15, 0.2) is 46.4 Å². The molecule has 0 bridgehead atoms. The van der Waals surface area contributed by atoms with E-state index in [0.717, 1.165) is 0 Å². The van der Waals surface area contributed by atoms with E-state index in [0.29, 0.717) is 11.2 Å². The van der Waals surface area contributed by atoms with Gasteiger partial charge in [0.05, 0.1) is 14.0 Å². The second kappa shape index (κ2) is 5.85. The average Bonchev–Trinajstić information content (AvgIpc) is 3.25. The zero-order valence-electron chi connectivity index (χ0n) is 15.9. The third-order valence-electron chi connectivity index (χ3n) is 5.85. The van der Waals surface area contributed by atoms with Crippen molar-refractivity contribution in [2.45, 2.75) is 45.0 Å². The van der Waals surface area contributed by atoms with Crippen molar-refractivity contribution in [1.29, 1.82) is 0 Å². The highest BCUT2D eigenvalue weighted by Crippen LogP contribution is 2.55. The molecular weight excluding hydrogens is 368 g/mol. The second-order valence-corrected chi connectivity index (χ2v) is 13.0. The molecule has 0 spiro atoms.